The number of piperidine rings is 1. The van der Waals surface area contributed by atoms with E-state index in [-0.39, 0.29) is 23.7 Å². The van der Waals surface area contributed by atoms with E-state index in [1.54, 1.807) is 25.7 Å². The first-order valence-electron chi connectivity index (χ1n) is 11.3. The second kappa shape index (κ2) is 10.3. The normalized spacial score (nSPS) is 22.0. The number of hydrogen-bond acceptors (Lipinski definition) is 5. The summed E-state index contributed by atoms with van der Waals surface area (Å²) in [5.74, 6) is -1.59. The van der Waals surface area contributed by atoms with Crippen molar-refractivity contribution in [2.24, 2.45) is 11.8 Å². The lowest BCUT2D eigenvalue weighted by Crippen LogP contribution is -2.55. The molecule has 9 heteroatoms. The fourth-order valence-electron chi connectivity index (χ4n) is 4.18. The first-order chi connectivity index (χ1) is 14.4. The summed E-state index contributed by atoms with van der Waals surface area (Å²) in [6, 6.07) is -1.43. The SMILES string of the molecule is CC[C@@H](C)[C@H](NC(=O)OC(C)(C)C)C(=O)N1CCC(C(=O)N2CCC[C@H]2C(=O)O)CC1. The number of nitrogens with one attached hydrogen (secondary N) is 1. The maximum absolute atomic E-state index is 13.2. The van der Waals surface area contributed by atoms with Gasteiger partial charge in [0.05, 0.1) is 0 Å². The monoisotopic (exact) mass is 439 g/mol. The number of carboxylic acids is 1. The highest BCUT2D eigenvalue weighted by atomic mass is 16.6. The Kier molecular flexibility index (Phi) is 8.31. The second-order valence-electron chi connectivity index (χ2n) is 9.64. The molecule has 2 aliphatic rings. The van der Waals surface area contributed by atoms with E-state index in [2.05, 4.69) is 5.32 Å². The summed E-state index contributed by atoms with van der Waals surface area (Å²) in [5.41, 5.74) is -0.658. The molecule has 2 N–H and O–H groups in total. The van der Waals surface area contributed by atoms with Gasteiger partial charge in [-0.3, -0.25) is 9.59 Å². The van der Waals surface area contributed by atoms with Crippen molar-refractivity contribution in [2.45, 2.75) is 84.4 Å². The summed E-state index contributed by atoms with van der Waals surface area (Å²) < 4.78 is 5.32. The Bertz CT molecular complexity index is 681. The predicted molar refractivity (Wildman–Crippen MR) is 114 cm³/mol. The average molecular weight is 440 g/mol. The maximum atomic E-state index is 13.2. The van der Waals surface area contributed by atoms with Crippen LogP contribution in [0.25, 0.3) is 0 Å². The lowest BCUT2D eigenvalue weighted by molar-refractivity contribution is -0.151. The van der Waals surface area contributed by atoms with Gasteiger partial charge < -0.3 is 25.0 Å². The Labute approximate surface area is 184 Å². The number of nitrogens with zero attached hydrogens (tertiary/aromatic N) is 2. The van der Waals surface area contributed by atoms with E-state index in [1.807, 2.05) is 13.8 Å². The summed E-state index contributed by atoms with van der Waals surface area (Å²) in [7, 11) is 0. The third-order valence-corrected chi connectivity index (χ3v) is 6.13. The van der Waals surface area contributed by atoms with Crippen molar-refractivity contribution in [3.05, 3.63) is 0 Å². The zero-order valence-electron chi connectivity index (χ0n) is 19.3. The van der Waals surface area contributed by atoms with Gasteiger partial charge in [-0.25, -0.2) is 9.59 Å². The van der Waals surface area contributed by atoms with Crippen molar-refractivity contribution < 1.29 is 29.0 Å². The van der Waals surface area contributed by atoms with E-state index in [4.69, 9.17) is 4.74 Å². The number of likely N-dealkylation sites (tertiary alicyclic amines) is 2. The molecule has 2 saturated heterocycles. The molecule has 2 heterocycles. The molecule has 0 aliphatic carbocycles. The Morgan fingerprint density at radius 2 is 1.71 bits per heavy atom. The minimum atomic E-state index is -0.955. The van der Waals surface area contributed by atoms with E-state index in [9.17, 15) is 24.3 Å². The quantitative estimate of drug-likeness (QED) is 0.656. The van der Waals surface area contributed by atoms with Crippen LogP contribution < -0.4 is 5.32 Å². The summed E-state index contributed by atoms with van der Waals surface area (Å²) in [4.78, 5) is 52.8. The lowest BCUT2D eigenvalue weighted by atomic mass is 9.92. The van der Waals surface area contributed by atoms with Crippen LogP contribution in [0, 0.1) is 11.8 Å². The highest BCUT2D eigenvalue weighted by Gasteiger charge is 2.39. The van der Waals surface area contributed by atoms with Gasteiger partial charge in [0.1, 0.15) is 17.7 Å². The zero-order valence-corrected chi connectivity index (χ0v) is 19.3. The minimum Gasteiger partial charge on any atom is -0.480 e. The minimum absolute atomic E-state index is 0.0692. The van der Waals surface area contributed by atoms with Gasteiger partial charge in [-0.15, -0.1) is 0 Å². The standard InChI is InChI=1S/C22H37N3O6/c1-6-14(2)17(23-21(30)31-22(3,4)5)19(27)24-12-9-15(10-13-24)18(26)25-11-7-8-16(25)20(28)29/h14-17H,6-13H2,1-5H3,(H,23,30)(H,28,29)/t14-,16+,17+/m1/s1. The summed E-state index contributed by atoms with van der Waals surface area (Å²) in [6.45, 7) is 10.5. The summed E-state index contributed by atoms with van der Waals surface area (Å²) in [5, 5.41) is 12.1. The van der Waals surface area contributed by atoms with Crippen molar-refractivity contribution in [3.63, 3.8) is 0 Å². The number of ether oxygens (including phenoxy) is 1. The van der Waals surface area contributed by atoms with Gasteiger partial charge in [-0.1, -0.05) is 20.3 Å². The molecule has 9 nitrogen and oxygen atoms in total. The van der Waals surface area contributed by atoms with Gasteiger partial charge in [-0.2, -0.15) is 0 Å². The molecule has 0 spiro atoms. The van der Waals surface area contributed by atoms with Crippen LogP contribution in [-0.4, -0.2) is 76.1 Å². The van der Waals surface area contributed by atoms with Crippen LogP contribution in [0.2, 0.25) is 0 Å². The van der Waals surface area contributed by atoms with Crippen molar-refractivity contribution in [1.82, 2.24) is 15.1 Å². The van der Waals surface area contributed by atoms with Gasteiger partial charge in [0.2, 0.25) is 11.8 Å². The van der Waals surface area contributed by atoms with Crippen molar-refractivity contribution in [1.29, 1.82) is 0 Å². The van der Waals surface area contributed by atoms with E-state index in [0.717, 1.165) is 0 Å². The van der Waals surface area contributed by atoms with Crippen LogP contribution >= 0.6 is 0 Å². The Balaban J connectivity index is 1.97. The first kappa shape index (κ1) is 24.9. The third-order valence-electron chi connectivity index (χ3n) is 6.13. The number of rotatable bonds is 6. The molecule has 2 fully saturated rings. The Morgan fingerprint density at radius 1 is 1.10 bits per heavy atom. The van der Waals surface area contributed by atoms with Crippen LogP contribution in [-0.2, 0) is 19.1 Å². The molecule has 2 aliphatic heterocycles. The molecule has 0 saturated carbocycles. The highest BCUT2D eigenvalue weighted by molar-refractivity contribution is 5.87. The van der Waals surface area contributed by atoms with Gasteiger partial charge in [-0.05, 0) is 52.4 Å². The van der Waals surface area contributed by atoms with Crippen molar-refractivity contribution in [2.75, 3.05) is 19.6 Å². The average Bonchev–Trinajstić information content (AvgIpc) is 3.19. The number of alkyl carbamates (subject to hydrolysis) is 1. The molecule has 0 unspecified atom stereocenters. The van der Waals surface area contributed by atoms with Crippen LogP contribution in [0.15, 0.2) is 0 Å². The van der Waals surface area contributed by atoms with Gasteiger partial charge >= 0.3 is 12.1 Å². The number of carbonyl (C=O) groups excluding carboxylic acids is 3. The van der Waals surface area contributed by atoms with E-state index >= 15 is 0 Å². The van der Waals surface area contributed by atoms with Crippen LogP contribution in [0.3, 0.4) is 0 Å². The number of amides is 3. The third kappa shape index (κ3) is 6.58. The number of aliphatic carboxylic acids is 1. The Hall–Kier alpha value is -2.32. The topological polar surface area (TPSA) is 116 Å². The molecule has 2 rings (SSSR count). The number of carboxylic acid groups (broad SMARTS) is 1. The second-order valence-corrected chi connectivity index (χ2v) is 9.64. The van der Waals surface area contributed by atoms with Crippen molar-refractivity contribution in [3.8, 4) is 0 Å². The molecule has 3 amide bonds. The molecular formula is C22H37N3O6. The molecule has 176 valence electrons. The van der Waals surface area contributed by atoms with Crippen molar-refractivity contribution >= 4 is 23.9 Å². The molecule has 0 radical (unpaired) electrons. The number of carbonyl (C=O) groups is 4. The van der Waals surface area contributed by atoms with E-state index < -0.39 is 29.7 Å². The van der Waals surface area contributed by atoms with Gasteiger partial charge in [0, 0.05) is 25.6 Å². The zero-order chi connectivity index (χ0) is 23.3. The molecule has 0 aromatic carbocycles. The largest absolute Gasteiger partial charge is 0.480 e. The van der Waals surface area contributed by atoms with Gasteiger partial charge in [0.25, 0.3) is 0 Å². The molecule has 0 bridgehead atoms. The molecule has 3 atom stereocenters. The van der Waals surface area contributed by atoms with Crippen LogP contribution in [0.5, 0.6) is 0 Å². The van der Waals surface area contributed by atoms with Gasteiger partial charge in [0.15, 0.2) is 0 Å². The van der Waals surface area contributed by atoms with Crippen LogP contribution in [0.1, 0.15) is 66.7 Å². The molecule has 31 heavy (non-hydrogen) atoms. The molecular weight excluding hydrogens is 402 g/mol. The fourth-order valence-corrected chi connectivity index (χ4v) is 4.18. The maximum Gasteiger partial charge on any atom is 0.408 e. The smallest absolute Gasteiger partial charge is 0.408 e. The predicted octanol–water partition coefficient (Wildman–Crippen LogP) is 2.24. The summed E-state index contributed by atoms with van der Waals surface area (Å²) >= 11 is 0. The lowest BCUT2D eigenvalue weighted by Gasteiger charge is -2.37. The first-order valence-corrected chi connectivity index (χ1v) is 11.3. The van der Waals surface area contributed by atoms with E-state index in [0.29, 0.717) is 51.7 Å². The molecule has 0 aromatic heterocycles. The molecule has 0 aromatic rings. The summed E-state index contributed by atoms with van der Waals surface area (Å²) in [6.07, 6.45) is 2.27. The van der Waals surface area contributed by atoms with E-state index in [1.165, 1.54) is 4.90 Å². The Morgan fingerprint density at radius 3 is 2.23 bits per heavy atom. The van der Waals surface area contributed by atoms with Crippen LogP contribution in [0.4, 0.5) is 4.79 Å². The number of hydrogen-bond donors (Lipinski definition) is 2. The fraction of sp³-hybridized carbons (Fsp3) is 0.818. The highest BCUT2D eigenvalue weighted by Crippen LogP contribution is 2.26.